The number of pyridine rings is 2. The Morgan fingerprint density at radius 2 is 0.600 bits per heavy atom. The van der Waals surface area contributed by atoms with E-state index in [1.165, 1.54) is 0 Å². The molecule has 0 atom stereocenters. The van der Waals surface area contributed by atoms with Gasteiger partial charge in [0.1, 0.15) is 11.3 Å². The largest absolute Gasteiger partial charge is 0.299 e. The second-order valence-electron chi connectivity index (χ2n) is 14.6. The minimum absolute atomic E-state index is 0.567. The highest BCUT2D eigenvalue weighted by molar-refractivity contribution is 5.85. The molecule has 0 radical (unpaired) electrons. The summed E-state index contributed by atoms with van der Waals surface area (Å²) in [7, 11) is 0. The van der Waals surface area contributed by atoms with Gasteiger partial charge in [-0.15, -0.1) is 0 Å². The molecule has 0 unspecified atom stereocenters. The van der Waals surface area contributed by atoms with Gasteiger partial charge >= 0.3 is 0 Å². The van der Waals surface area contributed by atoms with Crippen LogP contribution in [0.2, 0.25) is 0 Å². The summed E-state index contributed by atoms with van der Waals surface area (Å²) in [6, 6.07) is 68.5. The Bertz CT molecular complexity index is 3120. The Hall–Kier alpha value is -8.29. The highest BCUT2D eigenvalue weighted by Crippen LogP contribution is 2.37. The lowest BCUT2D eigenvalue weighted by molar-refractivity contribution is 1.07. The van der Waals surface area contributed by atoms with E-state index in [1.54, 1.807) is 0 Å². The van der Waals surface area contributed by atoms with Crippen LogP contribution in [0.25, 0.3) is 102 Å². The second-order valence-corrected chi connectivity index (χ2v) is 14.6. The third-order valence-corrected chi connectivity index (χ3v) is 10.8. The van der Waals surface area contributed by atoms with Crippen molar-refractivity contribution < 1.29 is 0 Å². The number of hydrogen-bond donors (Lipinski definition) is 0. The van der Waals surface area contributed by atoms with E-state index in [1.807, 2.05) is 54.6 Å². The summed E-state index contributed by atoms with van der Waals surface area (Å²) < 4.78 is 4.30. The van der Waals surface area contributed by atoms with Gasteiger partial charge in [-0.3, -0.25) is 8.80 Å². The molecule has 6 aromatic carbocycles. The fourth-order valence-corrected chi connectivity index (χ4v) is 7.95. The topological polar surface area (TPSA) is 73.3 Å². The van der Waals surface area contributed by atoms with Crippen molar-refractivity contribution in [1.29, 1.82) is 0 Å². The van der Waals surface area contributed by atoms with E-state index < -0.39 is 0 Å². The molecule has 7 nitrogen and oxygen atoms in total. The van der Waals surface area contributed by atoms with Crippen LogP contribution in [0.1, 0.15) is 0 Å². The minimum atomic E-state index is 0.567. The highest BCUT2D eigenvalue weighted by atomic mass is 15.0. The zero-order valence-corrected chi connectivity index (χ0v) is 32.3. The van der Waals surface area contributed by atoms with E-state index in [0.29, 0.717) is 17.5 Å². The first-order chi connectivity index (χ1) is 29.7. The molecule has 282 valence electrons. The number of nitrogens with zero attached hydrogens (tertiary/aromatic N) is 7. The van der Waals surface area contributed by atoms with Crippen LogP contribution in [0.3, 0.4) is 0 Å². The van der Waals surface area contributed by atoms with Crippen molar-refractivity contribution in [2.75, 3.05) is 0 Å². The molecule has 5 aromatic heterocycles. The van der Waals surface area contributed by atoms with Gasteiger partial charge in [-0.2, -0.15) is 0 Å². The minimum Gasteiger partial charge on any atom is -0.299 e. The molecule has 7 heteroatoms. The van der Waals surface area contributed by atoms with Crippen LogP contribution in [-0.4, -0.2) is 33.7 Å². The van der Waals surface area contributed by atoms with Gasteiger partial charge in [0.15, 0.2) is 17.5 Å². The maximum atomic E-state index is 5.21. The van der Waals surface area contributed by atoms with Crippen molar-refractivity contribution in [1.82, 2.24) is 33.7 Å². The summed E-state index contributed by atoms with van der Waals surface area (Å²) in [5.74, 6) is 1.72. The average Bonchev–Trinajstić information content (AvgIpc) is 3.92. The van der Waals surface area contributed by atoms with Gasteiger partial charge in [0.2, 0.25) is 0 Å². The number of fused-ring (bicyclic) bond motifs is 2. The highest BCUT2D eigenvalue weighted by Gasteiger charge is 2.20. The van der Waals surface area contributed by atoms with Crippen molar-refractivity contribution in [3.8, 4) is 90.3 Å². The Kier molecular flexibility index (Phi) is 8.67. The zero-order chi connectivity index (χ0) is 39.8. The summed E-state index contributed by atoms with van der Waals surface area (Å²) >= 11 is 0. The molecule has 0 aliphatic rings. The standard InChI is InChI=1S/C53H35N7/c1-4-16-36(17-5-1)37-28-30-40(31-29-37)51-56-52(43-24-14-22-41(34-43)47-49(38-18-6-2-7-19-38)59-32-12-10-26-45(59)54-47)58-53(57-51)44-25-15-23-42(35-44)48-50(39-20-8-3-9-21-39)60-33-13-11-27-46(60)55-48/h1-35H. The first-order valence-corrected chi connectivity index (χ1v) is 19.9. The van der Waals surface area contributed by atoms with Crippen molar-refractivity contribution in [3.05, 3.63) is 213 Å². The fourth-order valence-electron chi connectivity index (χ4n) is 7.95. The van der Waals surface area contributed by atoms with Crippen LogP contribution < -0.4 is 0 Å². The Balaban J connectivity index is 1.07. The molecule has 0 bridgehead atoms. The first-order valence-electron chi connectivity index (χ1n) is 19.9. The molecule has 0 saturated carbocycles. The molecule has 0 spiro atoms. The molecule has 0 aliphatic carbocycles. The molecule has 11 aromatic rings. The van der Waals surface area contributed by atoms with Gasteiger partial charge in [0.05, 0.1) is 22.8 Å². The third-order valence-electron chi connectivity index (χ3n) is 10.8. The lowest BCUT2D eigenvalue weighted by Gasteiger charge is -2.11. The molecular weight excluding hydrogens is 735 g/mol. The van der Waals surface area contributed by atoms with Crippen molar-refractivity contribution >= 4 is 11.3 Å². The Morgan fingerprint density at radius 3 is 1.07 bits per heavy atom. The van der Waals surface area contributed by atoms with E-state index >= 15 is 0 Å². The molecular formula is C53H35N7. The zero-order valence-electron chi connectivity index (χ0n) is 32.3. The van der Waals surface area contributed by atoms with E-state index in [9.17, 15) is 0 Å². The number of aromatic nitrogens is 7. The van der Waals surface area contributed by atoms with E-state index in [4.69, 9.17) is 24.9 Å². The molecule has 60 heavy (non-hydrogen) atoms. The normalized spacial score (nSPS) is 11.3. The molecule has 5 heterocycles. The molecule has 0 amide bonds. The van der Waals surface area contributed by atoms with Crippen molar-refractivity contribution in [2.24, 2.45) is 0 Å². The first kappa shape index (κ1) is 34.9. The Morgan fingerprint density at radius 1 is 0.250 bits per heavy atom. The smallest absolute Gasteiger partial charge is 0.164 e. The Labute approximate surface area is 346 Å². The molecule has 0 fully saturated rings. The van der Waals surface area contributed by atoms with Gasteiger partial charge in [-0.25, -0.2) is 24.9 Å². The number of imidazole rings is 2. The van der Waals surface area contributed by atoms with Gasteiger partial charge in [0, 0.05) is 51.3 Å². The lowest BCUT2D eigenvalue weighted by Crippen LogP contribution is -2.00. The third kappa shape index (κ3) is 6.40. The molecule has 0 aliphatic heterocycles. The molecule has 11 rings (SSSR count). The lowest BCUT2D eigenvalue weighted by atomic mass is 10.0. The van der Waals surface area contributed by atoms with Crippen molar-refractivity contribution in [2.45, 2.75) is 0 Å². The van der Waals surface area contributed by atoms with E-state index in [-0.39, 0.29) is 0 Å². The van der Waals surface area contributed by atoms with Crippen LogP contribution >= 0.6 is 0 Å². The van der Waals surface area contributed by atoms with Gasteiger partial charge < -0.3 is 0 Å². The van der Waals surface area contributed by atoms with Crippen LogP contribution in [0.5, 0.6) is 0 Å². The molecule has 0 saturated heterocycles. The van der Waals surface area contributed by atoms with Crippen molar-refractivity contribution in [3.63, 3.8) is 0 Å². The summed E-state index contributed by atoms with van der Waals surface area (Å²) in [4.78, 5) is 25.8. The number of rotatable bonds is 8. The van der Waals surface area contributed by atoms with Crippen LogP contribution in [-0.2, 0) is 0 Å². The SMILES string of the molecule is c1ccc(-c2ccc(-c3nc(-c4cccc(-c5nc6ccccn6c5-c5ccccc5)c4)nc(-c4cccc(-c5nc6ccccn6c5-c5ccccc5)c4)n3)cc2)cc1. The molecule has 0 N–H and O–H groups in total. The predicted molar refractivity (Wildman–Crippen MR) is 241 cm³/mol. The average molecular weight is 770 g/mol. The maximum absolute atomic E-state index is 5.21. The maximum Gasteiger partial charge on any atom is 0.164 e. The van der Waals surface area contributed by atoms with Crippen LogP contribution in [0.4, 0.5) is 0 Å². The fraction of sp³-hybridized carbons (Fsp3) is 0. The number of benzene rings is 6. The summed E-state index contributed by atoms with van der Waals surface area (Å²) in [6.07, 6.45) is 4.13. The van der Waals surface area contributed by atoms with E-state index in [2.05, 4.69) is 167 Å². The second kappa shape index (κ2) is 14.9. The van der Waals surface area contributed by atoms with Gasteiger partial charge in [-0.05, 0) is 47.5 Å². The van der Waals surface area contributed by atoms with Gasteiger partial charge in [0.25, 0.3) is 0 Å². The van der Waals surface area contributed by atoms with E-state index in [0.717, 1.165) is 84.1 Å². The monoisotopic (exact) mass is 769 g/mol. The summed E-state index contributed by atoms with van der Waals surface area (Å²) in [6.45, 7) is 0. The quantitative estimate of drug-likeness (QED) is 0.154. The van der Waals surface area contributed by atoms with Gasteiger partial charge in [-0.1, -0.05) is 164 Å². The predicted octanol–water partition coefficient (Wildman–Crippen LogP) is 12.5. The summed E-state index contributed by atoms with van der Waals surface area (Å²) in [5, 5.41) is 0. The van der Waals surface area contributed by atoms with Crippen LogP contribution in [0, 0.1) is 0 Å². The number of hydrogen-bond acceptors (Lipinski definition) is 5. The van der Waals surface area contributed by atoms with Crippen LogP contribution in [0.15, 0.2) is 213 Å². The summed E-state index contributed by atoms with van der Waals surface area (Å²) in [5.41, 5.74) is 14.6.